The molecule has 0 aliphatic carbocycles. The predicted molar refractivity (Wildman–Crippen MR) is 66.7 cm³/mol. The van der Waals surface area contributed by atoms with Crippen LogP contribution in [-0.2, 0) is 16.1 Å². The van der Waals surface area contributed by atoms with Crippen LogP contribution in [0.2, 0.25) is 0 Å². The van der Waals surface area contributed by atoms with Crippen LogP contribution in [0.25, 0.3) is 0 Å². The minimum absolute atomic E-state index is 0.276. The molecule has 1 aromatic rings. The number of aromatic nitrogens is 3. The number of rotatable bonds is 8. The van der Waals surface area contributed by atoms with Crippen molar-refractivity contribution in [3.8, 4) is 0 Å². The highest BCUT2D eigenvalue weighted by molar-refractivity contribution is 5.86. The Bertz CT molecular complexity index is 447. The molecule has 4 N–H and O–H groups in total. The minimum atomic E-state index is -1.14. The van der Waals surface area contributed by atoms with E-state index in [1.807, 2.05) is 0 Å². The van der Waals surface area contributed by atoms with Crippen LogP contribution >= 0.6 is 0 Å². The molecule has 0 saturated carbocycles. The van der Waals surface area contributed by atoms with Gasteiger partial charge in [0.15, 0.2) is 0 Å². The Kier molecular flexibility index (Phi) is 6.51. The van der Waals surface area contributed by atoms with E-state index in [9.17, 15) is 14.4 Å². The zero-order valence-corrected chi connectivity index (χ0v) is 10.7. The maximum Gasteiger partial charge on any atom is 0.322 e. The monoisotopic (exact) mass is 284 g/mol. The summed E-state index contributed by atoms with van der Waals surface area (Å²) < 4.78 is 1.64. The van der Waals surface area contributed by atoms with Crippen molar-refractivity contribution in [1.82, 2.24) is 30.9 Å². The lowest BCUT2D eigenvalue weighted by Gasteiger charge is -2.07. The molecule has 0 fully saturated rings. The Morgan fingerprint density at radius 2 is 1.95 bits per heavy atom. The van der Waals surface area contributed by atoms with Gasteiger partial charge in [-0.25, -0.2) is 4.79 Å². The molecule has 1 aromatic heterocycles. The lowest BCUT2D eigenvalue weighted by molar-refractivity contribution is -0.137. The van der Waals surface area contributed by atoms with Crippen molar-refractivity contribution < 1.29 is 19.5 Å². The molecule has 0 unspecified atom stereocenters. The molecule has 10 heteroatoms. The second-order valence-corrected chi connectivity index (χ2v) is 3.80. The van der Waals surface area contributed by atoms with E-state index < -0.39 is 24.5 Å². The molecule has 20 heavy (non-hydrogen) atoms. The molecule has 0 atom stereocenters. The Hall–Kier alpha value is -2.65. The van der Waals surface area contributed by atoms with Crippen LogP contribution in [-0.4, -0.2) is 57.6 Å². The van der Waals surface area contributed by atoms with Gasteiger partial charge in [0, 0.05) is 19.3 Å². The Labute approximate surface area is 114 Å². The number of hydrogen-bond acceptors (Lipinski definition) is 5. The average Bonchev–Trinajstić information content (AvgIpc) is 2.92. The van der Waals surface area contributed by atoms with Gasteiger partial charge in [-0.1, -0.05) is 5.21 Å². The molecular formula is C10H16N6O4. The summed E-state index contributed by atoms with van der Waals surface area (Å²) in [4.78, 5) is 32.6. The molecule has 110 valence electrons. The van der Waals surface area contributed by atoms with Gasteiger partial charge in [-0.15, -0.1) is 5.10 Å². The van der Waals surface area contributed by atoms with Gasteiger partial charge in [0.25, 0.3) is 0 Å². The summed E-state index contributed by atoms with van der Waals surface area (Å²) in [5.41, 5.74) is 0. The Balaban J connectivity index is 2.02. The molecule has 0 spiro atoms. The van der Waals surface area contributed by atoms with Crippen LogP contribution in [0.1, 0.15) is 6.42 Å². The number of carboxylic acids is 1. The molecule has 0 aliphatic rings. The molecule has 1 rings (SSSR count). The molecule has 0 aromatic carbocycles. The third kappa shape index (κ3) is 6.93. The molecule has 0 saturated heterocycles. The highest BCUT2D eigenvalue weighted by Gasteiger charge is 2.05. The Morgan fingerprint density at radius 3 is 2.60 bits per heavy atom. The van der Waals surface area contributed by atoms with E-state index in [2.05, 4.69) is 26.3 Å². The van der Waals surface area contributed by atoms with Gasteiger partial charge in [0.1, 0.15) is 6.54 Å². The van der Waals surface area contributed by atoms with Crippen LogP contribution in [0.3, 0.4) is 0 Å². The first kappa shape index (κ1) is 15.4. The van der Waals surface area contributed by atoms with Crippen LogP contribution < -0.4 is 16.0 Å². The Morgan fingerprint density at radius 1 is 1.15 bits per heavy atom. The summed E-state index contributed by atoms with van der Waals surface area (Å²) >= 11 is 0. The van der Waals surface area contributed by atoms with Crippen LogP contribution in [0.5, 0.6) is 0 Å². The first-order valence-corrected chi connectivity index (χ1v) is 5.92. The number of nitrogens with one attached hydrogen (secondary N) is 3. The zero-order chi connectivity index (χ0) is 14.8. The number of amides is 3. The van der Waals surface area contributed by atoms with Crippen molar-refractivity contribution >= 4 is 17.9 Å². The summed E-state index contributed by atoms with van der Waals surface area (Å²) in [6.07, 6.45) is 3.95. The highest BCUT2D eigenvalue weighted by atomic mass is 16.4. The fourth-order valence-corrected chi connectivity index (χ4v) is 1.25. The summed E-state index contributed by atoms with van der Waals surface area (Å²) in [6.45, 7) is 0.296. The summed E-state index contributed by atoms with van der Waals surface area (Å²) in [5.74, 6) is -1.71. The number of carbonyl (C=O) groups is 3. The minimum Gasteiger partial charge on any atom is -0.480 e. The summed E-state index contributed by atoms with van der Waals surface area (Å²) in [7, 11) is 0. The van der Waals surface area contributed by atoms with Gasteiger partial charge in [-0.2, -0.15) is 0 Å². The zero-order valence-electron chi connectivity index (χ0n) is 10.7. The standard InChI is InChI=1S/C10H16N6O4/c17-8(12-7-9(18)19)6-13-10(20)11-2-1-4-16-5-3-14-15-16/h3,5H,1-2,4,6-7H2,(H,12,17)(H,18,19)(H2,11,13,20). The molecule has 10 nitrogen and oxygen atoms in total. The quantitative estimate of drug-likeness (QED) is 0.414. The first-order valence-electron chi connectivity index (χ1n) is 5.92. The highest BCUT2D eigenvalue weighted by Crippen LogP contribution is 1.85. The molecular weight excluding hydrogens is 268 g/mol. The summed E-state index contributed by atoms with van der Waals surface area (Å²) in [5, 5.41) is 22.7. The normalized spacial score (nSPS) is 9.80. The van der Waals surface area contributed by atoms with Crippen LogP contribution in [0.4, 0.5) is 4.79 Å². The van der Waals surface area contributed by atoms with Gasteiger partial charge >= 0.3 is 12.0 Å². The molecule has 3 amide bonds. The van der Waals surface area contributed by atoms with Gasteiger partial charge in [-0.3, -0.25) is 14.3 Å². The number of aryl methyl sites for hydroxylation is 1. The van der Waals surface area contributed by atoms with E-state index in [1.165, 1.54) is 0 Å². The number of nitrogens with zero attached hydrogens (tertiary/aromatic N) is 3. The third-order valence-electron chi connectivity index (χ3n) is 2.17. The van der Waals surface area contributed by atoms with Crippen molar-refractivity contribution in [2.24, 2.45) is 0 Å². The average molecular weight is 284 g/mol. The number of hydrogen-bond donors (Lipinski definition) is 4. The molecule has 0 radical (unpaired) electrons. The second-order valence-electron chi connectivity index (χ2n) is 3.80. The SMILES string of the molecule is O=C(O)CNC(=O)CNC(=O)NCCCn1ccnn1. The molecule has 0 bridgehead atoms. The lowest BCUT2D eigenvalue weighted by Crippen LogP contribution is -2.43. The van der Waals surface area contributed by atoms with E-state index in [1.54, 1.807) is 17.1 Å². The van der Waals surface area contributed by atoms with Crippen molar-refractivity contribution in [2.45, 2.75) is 13.0 Å². The smallest absolute Gasteiger partial charge is 0.322 e. The second kappa shape index (κ2) is 8.45. The summed E-state index contributed by atoms with van der Waals surface area (Å²) in [6, 6.07) is -0.492. The largest absolute Gasteiger partial charge is 0.480 e. The van der Waals surface area contributed by atoms with Crippen LogP contribution in [0.15, 0.2) is 12.4 Å². The van der Waals surface area contributed by atoms with Crippen molar-refractivity contribution in [1.29, 1.82) is 0 Å². The van der Waals surface area contributed by atoms with Crippen LogP contribution in [0, 0.1) is 0 Å². The van der Waals surface area contributed by atoms with E-state index in [4.69, 9.17) is 5.11 Å². The van der Waals surface area contributed by atoms with E-state index in [-0.39, 0.29) is 6.54 Å². The van der Waals surface area contributed by atoms with Gasteiger partial charge < -0.3 is 21.1 Å². The lowest BCUT2D eigenvalue weighted by atomic mass is 10.4. The van der Waals surface area contributed by atoms with Gasteiger partial charge in [0.2, 0.25) is 5.91 Å². The number of aliphatic carboxylic acids is 1. The third-order valence-corrected chi connectivity index (χ3v) is 2.17. The van der Waals surface area contributed by atoms with E-state index in [0.29, 0.717) is 19.5 Å². The van der Waals surface area contributed by atoms with Crippen molar-refractivity contribution in [3.05, 3.63) is 12.4 Å². The first-order chi connectivity index (χ1) is 9.58. The predicted octanol–water partition coefficient (Wildman–Crippen LogP) is -1.83. The van der Waals surface area contributed by atoms with Crippen molar-refractivity contribution in [2.75, 3.05) is 19.6 Å². The fourth-order valence-electron chi connectivity index (χ4n) is 1.25. The maximum atomic E-state index is 11.3. The van der Waals surface area contributed by atoms with Gasteiger partial charge in [-0.05, 0) is 6.42 Å². The number of urea groups is 1. The maximum absolute atomic E-state index is 11.3. The van der Waals surface area contributed by atoms with Gasteiger partial charge in [0.05, 0.1) is 12.7 Å². The topological polar surface area (TPSA) is 138 Å². The molecule has 1 heterocycles. The van der Waals surface area contributed by atoms with E-state index >= 15 is 0 Å². The van der Waals surface area contributed by atoms with Crippen molar-refractivity contribution in [3.63, 3.8) is 0 Å². The fraction of sp³-hybridized carbons (Fsp3) is 0.500. The number of carboxylic acid groups (broad SMARTS) is 1. The molecule has 0 aliphatic heterocycles. The number of carbonyl (C=O) groups excluding carboxylic acids is 2. The van der Waals surface area contributed by atoms with E-state index in [0.717, 1.165) is 0 Å².